The van der Waals surface area contributed by atoms with Crippen LogP contribution in [0.25, 0.3) is 0 Å². The van der Waals surface area contributed by atoms with Gasteiger partial charge < -0.3 is 15.8 Å². The number of ether oxygens (including phenoxy) is 1. The first-order valence-corrected chi connectivity index (χ1v) is 5.51. The third kappa shape index (κ3) is 4.44. The summed E-state index contributed by atoms with van der Waals surface area (Å²) < 4.78 is 5.07. The van der Waals surface area contributed by atoms with Crippen LogP contribution in [0.5, 0.6) is 5.88 Å². The molecule has 0 aromatic carbocycles. The van der Waals surface area contributed by atoms with Crippen molar-refractivity contribution >= 4 is 5.82 Å². The van der Waals surface area contributed by atoms with Crippen LogP contribution >= 0.6 is 0 Å². The highest BCUT2D eigenvalue weighted by Gasteiger charge is 2.01. The standard InChI is InChI=1S/C11H20N4O/c1-8(12)5-4-6-13-10-7-11(16-3)15-9(2)14-10/h7-8H,4-6,12H2,1-3H3,(H,13,14,15). The summed E-state index contributed by atoms with van der Waals surface area (Å²) in [6, 6.07) is 2.04. The lowest BCUT2D eigenvalue weighted by Crippen LogP contribution is -2.16. The van der Waals surface area contributed by atoms with Crippen molar-refractivity contribution in [1.82, 2.24) is 9.97 Å². The number of hydrogen-bond donors (Lipinski definition) is 2. The quantitative estimate of drug-likeness (QED) is 0.713. The lowest BCUT2D eigenvalue weighted by molar-refractivity contribution is 0.396. The number of aryl methyl sites for hydroxylation is 1. The van der Waals surface area contributed by atoms with Gasteiger partial charge in [0, 0.05) is 18.7 Å². The van der Waals surface area contributed by atoms with E-state index in [9.17, 15) is 0 Å². The maximum Gasteiger partial charge on any atom is 0.218 e. The van der Waals surface area contributed by atoms with Crippen LogP contribution in [0.2, 0.25) is 0 Å². The molecule has 0 aliphatic carbocycles. The Kier molecular flexibility index (Phi) is 4.98. The summed E-state index contributed by atoms with van der Waals surface area (Å²) in [6.07, 6.45) is 2.04. The minimum absolute atomic E-state index is 0.253. The Hall–Kier alpha value is -1.36. The van der Waals surface area contributed by atoms with E-state index < -0.39 is 0 Å². The molecule has 1 atom stereocenters. The van der Waals surface area contributed by atoms with E-state index >= 15 is 0 Å². The SMILES string of the molecule is COc1cc(NCCCC(C)N)nc(C)n1. The summed E-state index contributed by atoms with van der Waals surface area (Å²) in [4.78, 5) is 8.38. The van der Waals surface area contributed by atoms with Crippen molar-refractivity contribution < 1.29 is 4.74 Å². The first-order valence-electron chi connectivity index (χ1n) is 5.51. The molecule has 0 fully saturated rings. The average molecular weight is 224 g/mol. The fourth-order valence-electron chi connectivity index (χ4n) is 1.38. The minimum atomic E-state index is 0.253. The number of aromatic nitrogens is 2. The van der Waals surface area contributed by atoms with Gasteiger partial charge in [0.15, 0.2) is 0 Å². The third-order valence-electron chi connectivity index (χ3n) is 2.17. The zero-order valence-corrected chi connectivity index (χ0v) is 10.2. The first-order chi connectivity index (χ1) is 7.61. The van der Waals surface area contributed by atoms with Crippen molar-refractivity contribution in [2.75, 3.05) is 19.0 Å². The Morgan fingerprint density at radius 1 is 1.50 bits per heavy atom. The van der Waals surface area contributed by atoms with Crippen molar-refractivity contribution in [2.45, 2.75) is 32.7 Å². The van der Waals surface area contributed by atoms with Crippen LogP contribution in [-0.4, -0.2) is 29.7 Å². The Bertz CT molecular complexity index is 328. The van der Waals surface area contributed by atoms with Gasteiger partial charge in [0.2, 0.25) is 5.88 Å². The van der Waals surface area contributed by atoms with E-state index in [0.717, 1.165) is 25.2 Å². The normalized spacial score (nSPS) is 12.2. The molecule has 0 aliphatic heterocycles. The second-order valence-corrected chi connectivity index (χ2v) is 3.89. The van der Waals surface area contributed by atoms with Crippen LogP contribution in [-0.2, 0) is 0 Å². The molecule has 5 heteroatoms. The van der Waals surface area contributed by atoms with Crippen LogP contribution in [0.3, 0.4) is 0 Å². The van der Waals surface area contributed by atoms with Crippen molar-refractivity contribution in [3.63, 3.8) is 0 Å². The third-order valence-corrected chi connectivity index (χ3v) is 2.17. The summed E-state index contributed by atoms with van der Waals surface area (Å²) in [5, 5.41) is 3.23. The summed E-state index contributed by atoms with van der Waals surface area (Å²) in [7, 11) is 1.60. The molecular weight excluding hydrogens is 204 g/mol. The molecule has 1 aromatic heterocycles. The molecule has 1 unspecified atom stereocenters. The maximum atomic E-state index is 5.67. The number of rotatable bonds is 6. The summed E-state index contributed by atoms with van der Waals surface area (Å²) >= 11 is 0. The van der Waals surface area contributed by atoms with E-state index in [1.54, 1.807) is 13.2 Å². The van der Waals surface area contributed by atoms with E-state index in [4.69, 9.17) is 10.5 Å². The largest absolute Gasteiger partial charge is 0.481 e. The molecule has 0 saturated carbocycles. The number of anilines is 1. The van der Waals surface area contributed by atoms with E-state index in [2.05, 4.69) is 15.3 Å². The predicted octanol–water partition coefficient (Wildman–Crippen LogP) is 1.33. The van der Waals surface area contributed by atoms with Crippen molar-refractivity contribution in [2.24, 2.45) is 5.73 Å². The number of nitrogens with one attached hydrogen (secondary N) is 1. The lowest BCUT2D eigenvalue weighted by Gasteiger charge is -2.08. The van der Waals surface area contributed by atoms with E-state index in [0.29, 0.717) is 11.7 Å². The molecule has 0 saturated heterocycles. The number of hydrogen-bond acceptors (Lipinski definition) is 5. The average Bonchev–Trinajstić information content (AvgIpc) is 2.23. The Morgan fingerprint density at radius 3 is 2.88 bits per heavy atom. The number of nitrogens with zero attached hydrogens (tertiary/aromatic N) is 2. The maximum absolute atomic E-state index is 5.67. The van der Waals surface area contributed by atoms with Gasteiger partial charge in [-0.2, -0.15) is 4.98 Å². The van der Waals surface area contributed by atoms with Crippen LogP contribution in [0.15, 0.2) is 6.07 Å². The van der Waals surface area contributed by atoms with Gasteiger partial charge in [-0.15, -0.1) is 0 Å². The second-order valence-electron chi connectivity index (χ2n) is 3.89. The van der Waals surface area contributed by atoms with Crippen LogP contribution in [0, 0.1) is 6.92 Å². The van der Waals surface area contributed by atoms with Gasteiger partial charge in [0.1, 0.15) is 11.6 Å². The molecule has 0 bridgehead atoms. The molecular formula is C11H20N4O. The minimum Gasteiger partial charge on any atom is -0.481 e. The Morgan fingerprint density at radius 2 is 2.25 bits per heavy atom. The highest BCUT2D eigenvalue weighted by Crippen LogP contribution is 2.12. The monoisotopic (exact) mass is 224 g/mol. The number of methoxy groups -OCH3 is 1. The van der Waals surface area contributed by atoms with Gasteiger partial charge in [0.25, 0.3) is 0 Å². The molecule has 1 rings (SSSR count). The smallest absolute Gasteiger partial charge is 0.218 e. The van der Waals surface area contributed by atoms with Crippen LogP contribution in [0.1, 0.15) is 25.6 Å². The van der Waals surface area contributed by atoms with E-state index in [1.165, 1.54) is 0 Å². The first kappa shape index (κ1) is 12.7. The molecule has 90 valence electrons. The molecule has 3 N–H and O–H groups in total. The molecule has 1 aromatic rings. The topological polar surface area (TPSA) is 73.1 Å². The zero-order chi connectivity index (χ0) is 12.0. The van der Waals surface area contributed by atoms with Crippen molar-refractivity contribution in [1.29, 1.82) is 0 Å². The molecule has 0 radical (unpaired) electrons. The van der Waals surface area contributed by atoms with Crippen LogP contribution < -0.4 is 15.8 Å². The van der Waals surface area contributed by atoms with Gasteiger partial charge in [-0.3, -0.25) is 0 Å². The second kappa shape index (κ2) is 6.27. The molecule has 1 heterocycles. The van der Waals surface area contributed by atoms with Gasteiger partial charge in [-0.05, 0) is 26.7 Å². The van der Waals surface area contributed by atoms with Gasteiger partial charge in [0.05, 0.1) is 7.11 Å². The summed E-state index contributed by atoms with van der Waals surface area (Å²) in [6.45, 7) is 4.72. The highest BCUT2D eigenvalue weighted by molar-refractivity contribution is 5.38. The molecule has 5 nitrogen and oxygen atoms in total. The highest BCUT2D eigenvalue weighted by atomic mass is 16.5. The summed E-state index contributed by atoms with van der Waals surface area (Å²) in [5.41, 5.74) is 5.67. The lowest BCUT2D eigenvalue weighted by atomic mass is 10.2. The fraction of sp³-hybridized carbons (Fsp3) is 0.636. The van der Waals surface area contributed by atoms with E-state index in [1.807, 2.05) is 13.8 Å². The molecule has 0 spiro atoms. The van der Waals surface area contributed by atoms with Gasteiger partial charge in [-0.25, -0.2) is 4.98 Å². The summed E-state index contributed by atoms with van der Waals surface area (Å²) in [5.74, 6) is 2.09. The predicted molar refractivity (Wildman–Crippen MR) is 64.7 cm³/mol. The van der Waals surface area contributed by atoms with Crippen LogP contribution in [0.4, 0.5) is 5.82 Å². The molecule has 0 aliphatic rings. The number of nitrogens with two attached hydrogens (primary N) is 1. The van der Waals surface area contributed by atoms with E-state index in [-0.39, 0.29) is 6.04 Å². The Balaban J connectivity index is 2.44. The van der Waals surface area contributed by atoms with Crippen molar-refractivity contribution in [3.05, 3.63) is 11.9 Å². The van der Waals surface area contributed by atoms with Gasteiger partial charge >= 0.3 is 0 Å². The Labute approximate surface area is 96.4 Å². The molecule has 0 amide bonds. The fourth-order valence-corrected chi connectivity index (χ4v) is 1.38. The van der Waals surface area contributed by atoms with Gasteiger partial charge in [-0.1, -0.05) is 0 Å². The molecule has 16 heavy (non-hydrogen) atoms. The zero-order valence-electron chi connectivity index (χ0n) is 10.2. The van der Waals surface area contributed by atoms with Crippen molar-refractivity contribution in [3.8, 4) is 5.88 Å².